The molecule has 3 heterocycles. The molecule has 208 valence electrons. The minimum absolute atomic E-state index is 0.0143. The van der Waals surface area contributed by atoms with Crippen LogP contribution in [-0.2, 0) is 4.74 Å². The third-order valence-corrected chi connectivity index (χ3v) is 8.37. The van der Waals surface area contributed by atoms with Crippen LogP contribution in [0.15, 0.2) is 42.9 Å². The number of hydrogen-bond acceptors (Lipinski definition) is 4. The lowest BCUT2D eigenvalue weighted by atomic mass is 9.65. The number of likely N-dealkylation sites (tertiary alicyclic amines) is 1. The van der Waals surface area contributed by atoms with Crippen molar-refractivity contribution in [1.82, 2.24) is 19.4 Å². The largest absolute Gasteiger partial charge is 0.444 e. The summed E-state index contributed by atoms with van der Waals surface area (Å²) in [4.78, 5) is 33.6. The van der Waals surface area contributed by atoms with Crippen LogP contribution >= 0.6 is 0 Å². The Morgan fingerprint density at radius 2 is 1.85 bits per heavy atom. The molecule has 0 radical (unpaired) electrons. The van der Waals surface area contributed by atoms with Gasteiger partial charge in [0.1, 0.15) is 11.4 Å². The van der Waals surface area contributed by atoms with Crippen molar-refractivity contribution >= 4 is 22.9 Å². The van der Waals surface area contributed by atoms with Gasteiger partial charge in [-0.3, -0.25) is 9.78 Å². The summed E-state index contributed by atoms with van der Waals surface area (Å²) in [6, 6.07) is 6.43. The van der Waals surface area contributed by atoms with Gasteiger partial charge in [-0.1, -0.05) is 0 Å². The number of halogens is 1. The van der Waals surface area contributed by atoms with Crippen molar-refractivity contribution in [2.24, 2.45) is 5.41 Å². The van der Waals surface area contributed by atoms with Gasteiger partial charge in [0.05, 0.1) is 23.0 Å². The number of hydrogen-bond donors (Lipinski definition) is 0. The van der Waals surface area contributed by atoms with Gasteiger partial charge in [-0.25, -0.2) is 9.18 Å². The van der Waals surface area contributed by atoms with Crippen molar-refractivity contribution in [3.05, 3.63) is 59.8 Å². The van der Waals surface area contributed by atoms with Crippen molar-refractivity contribution in [3.63, 3.8) is 0 Å². The summed E-state index contributed by atoms with van der Waals surface area (Å²) in [7, 11) is 1.74. The summed E-state index contributed by atoms with van der Waals surface area (Å²) < 4.78 is 21.9. The second-order valence-corrected chi connectivity index (χ2v) is 12.6. The first-order valence-corrected chi connectivity index (χ1v) is 13.9. The molecule has 5 rings (SSSR count). The Balaban J connectivity index is 1.40. The van der Waals surface area contributed by atoms with Crippen LogP contribution in [0.1, 0.15) is 82.1 Å². The number of amides is 2. The molecule has 0 bridgehead atoms. The molecule has 1 spiro atoms. The molecule has 1 aliphatic carbocycles. The van der Waals surface area contributed by atoms with Crippen LogP contribution in [0, 0.1) is 11.2 Å². The number of nitrogens with zero attached hydrogens (tertiary/aromatic N) is 4. The second kappa shape index (κ2) is 9.96. The lowest BCUT2D eigenvalue weighted by Crippen LogP contribution is -2.60. The summed E-state index contributed by atoms with van der Waals surface area (Å²) in [5.41, 5.74) is 2.80. The zero-order valence-electron chi connectivity index (χ0n) is 23.8. The third kappa shape index (κ3) is 5.25. The predicted octanol–water partition coefficient (Wildman–Crippen LogP) is 6.54. The minimum atomic E-state index is -0.486. The number of pyridine rings is 1. The Morgan fingerprint density at radius 1 is 1.15 bits per heavy atom. The Kier molecular flexibility index (Phi) is 6.93. The fraction of sp³-hybridized carbons (Fsp3) is 0.516. The summed E-state index contributed by atoms with van der Waals surface area (Å²) in [5, 5.41) is 1.11. The van der Waals surface area contributed by atoms with E-state index in [2.05, 4.69) is 11.2 Å². The van der Waals surface area contributed by atoms with Gasteiger partial charge in [0, 0.05) is 49.4 Å². The van der Waals surface area contributed by atoms with Crippen LogP contribution in [0.3, 0.4) is 0 Å². The molecular formula is C31H39FN4O3. The highest BCUT2D eigenvalue weighted by Crippen LogP contribution is 2.49. The van der Waals surface area contributed by atoms with E-state index in [-0.39, 0.29) is 23.5 Å². The molecule has 2 amide bonds. The average molecular weight is 535 g/mol. The molecule has 1 saturated heterocycles. The van der Waals surface area contributed by atoms with Crippen molar-refractivity contribution in [3.8, 4) is 5.69 Å². The molecule has 2 fully saturated rings. The zero-order chi connectivity index (χ0) is 28.1. The first-order chi connectivity index (χ1) is 18.4. The highest BCUT2D eigenvalue weighted by molar-refractivity contribution is 5.99. The molecule has 2 aromatic heterocycles. The molecule has 8 heteroatoms. The molecule has 39 heavy (non-hydrogen) atoms. The molecule has 3 aromatic rings. The Bertz CT molecular complexity index is 1390. The quantitative estimate of drug-likeness (QED) is 0.381. The molecule has 0 N–H and O–H groups in total. The maximum atomic E-state index is 14.3. The maximum absolute atomic E-state index is 14.3. The van der Waals surface area contributed by atoms with E-state index >= 15 is 0 Å². The Hall–Kier alpha value is -3.42. The van der Waals surface area contributed by atoms with Crippen molar-refractivity contribution in [1.29, 1.82) is 0 Å². The molecule has 0 atom stereocenters. The number of rotatable bonds is 4. The number of fused-ring (bicyclic) bond motifs is 1. The number of carbonyl (C=O) groups is 2. The highest BCUT2D eigenvalue weighted by Gasteiger charge is 2.48. The first-order valence-electron chi connectivity index (χ1n) is 13.9. The lowest BCUT2D eigenvalue weighted by Gasteiger charge is -2.53. The van der Waals surface area contributed by atoms with Crippen molar-refractivity contribution in [2.45, 2.75) is 77.9 Å². The van der Waals surface area contributed by atoms with E-state index in [1.807, 2.05) is 56.3 Å². The minimum Gasteiger partial charge on any atom is -0.444 e. The van der Waals surface area contributed by atoms with Gasteiger partial charge in [0.2, 0.25) is 0 Å². The van der Waals surface area contributed by atoms with E-state index < -0.39 is 11.4 Å². The number of benzene rings is 1. The summed E-state index contributed by atoms with van der Waals surface area (Å²) >= 11 is 0. The predicted molar refractivity (Wildman–Crippen MR) is 150 cm³/mol. The topological polar surface area (TPSA) is 67.7 Å². The van der Waals surface area contributed by atoms with E-state index in [1.165, 1.54) is 17.7 Å². The van der Waals surface area contributed by atoms with Crippen LogP contribution in [0.4, 0.5) is 9.18 Å². The summed E-state index contributed by atoms with van der Waals surface area (Å²) in [6.07, 6.45) is 9.65. The fourth-order valence-electron chi connectivity index (χ4n) is 6.02. The molecule has 1 aliphatic heterocycles. The van der Waals surface area contributed by atoms with Crippen LogP contribution in [0.25, 0.3) is 16.6 Å². The van der Waals surface area contributed by atoms with E-state index in [4.69, 9.17) is 4.74 Å². The second-order valence-electron chi connectivity index (χ2n) is 12.6. The fourth-order valence-corrected chi connectivity index (χ4v) is 6.02. The molecule has 1 aromatic carbocycles. The number of aromatic nitrogens is 2. The van der Waals surface area contributed by atoms with Crippen LogP contribution < -0.4 is 0 Å². The lowest BCUT2D eigenvalue weighted by molar-refractivity contribution is -0.0505. The van der Waals surface area contributed by atoms with E-state index in [9.17, 15) is 14.0 Å². The van der Waals surface area contributed by atoms with E-state index in [0.717, 1.165) is 49.7 Å². The standard InChI is InChI=1S/C31H39FN4O3/c1-20(2)34(6)28(37)24-15-22(32)7-8-26(24)36-17-25(23-11-14-33-16-27(23)36)21-9-12-31(13-10-21)18-35(19-31)29(38)39-30(3,4)5/h7-8,11,14-17,20-21H,9-10,12-13,18-19H2,1-6H3. The smallest absolute Gasteiger partial charge is 0.410 e. The van der Waals surface area contributed by atoms with Crippen LogP contribution in [-0.4, -0.2) is 63.1 Å². The normalized spacial score (nSPS) is 17.5. The van der Waals surface area contributed by atoms with Crippen molar-refractivity contribution in [2.75, 3.05) is 20.1 Å². The van der Waals surface area contributed by atoms with E-state index in [1.54, 1.807) is 24.2 Å². The number of carbonyl (C=O) groups excluding carboxylic acids is 2. The SMILES string of the molecule is CC(C)N(C)C(=O)c1cc(F)ccc1-n1cc(C2CCC3(CC2)CN(C(=O)OC(C)(C)C)C3)c2ccncc21. The van der Waals surface area contributed by atoms with Gasteiger partial charge in [0.25, 0.3) is 5.91 Å². The first kappa shape index (κ1) is 27.2. The summed E-state index contributed by atoms with van der Waals surface area (Å²) in [6.45, 7) is 11.1. The Morgan fingerprint density at radius 3 is 2.49 bits per heavy atom. The molecule has 7 nitrogen and oxygen atoms in total. The molecular weight excluding hydrogens is 495 g/mol. The van der Waals surface area contributed by atoms with Gasteiger partial charge < -0.3 is 19.1 Å². The number of ether oxygens (including phenoxy) is 1. The van der Waals surface area contributed by atoms with Crippen LogP contribution in [0.2, 0.25) is 0 Å². The van der Waals surface area contributed by atoms with Crippen LogP contribution in [0.5, 0.6) is 0 Å². The van der Waals surface area contributed by atoms with Gasteiger partial charge in [-0.05, 0) is 96.0 Å². The third-order valence-electron chi connectivity index (χ3n) is 8.37. The zero-order valence-corrected chi connectivity index (χ0v) is 23.8. The Labute approximate surface area is 229 Å². The molecule has 1 saturated carbocycles. The van der Waals surface area contributed by atoms with E-state index in [0.29, 0.717) is 17.2 Å². The average Bonchev–Trinajstić information content (AvgIpc) is 3.25. The maximum Gasteiger partial charge on any atom is 0.410 e. The van der Waals surface area contributed by atoms with Gasteiger partial charge in [-0.15, -0.1) is 0 Å². The van der Waals surface area contributed by atoms with Gasteiger partial charge in [-0.2, -0.15) is 0 Å². The van der Waals surface area contributed by atoms with Crippen molar-refractivity contribution < 1.29 is 18.7 Å². The highest BCUT2D eigenvalue weighted by atomic mass is 19.1. The summed E-state index contributed by atoms with van der Waals surface area (Å²) in [5.74, 6) is -0.297. The van der Waals surface area contributed by atoms with Gasteiger partial charge in [0.15, 0.2) is 0 Å². The molecule has 0 unspecified atom stereocenters. The monoisotopic (exact) mass is 534 g/mol. The molecule has 2 aliphatic rings. The van der Waals surface area contributed by atoms with Gasteiger partial charge >= 0.3 is 6.09 Å².